The number of para-hydroxylation sites is 2. The highest BCUT2D eigenvalue weighted by Crippen LogP contribution is 2.27. The summed E-state index contributed by atoms with van der Waals surface area (Å²) in [6.45, 7) is 7.88. The van der Waals surface area contributed by atoms with Crippen LogP contribution in [0.5, 0.6) is 0 Å². The van der Waals surface area contributed by atoms with Gasteiger partial charge in [0, 0.05) is 13.0 Å². The van der Waals surface area contributed by atoms with Crippen molar-refractivity contribution in [1.29, 1.82) is 0 Å². The fraction of sp³-hybridized carbons (Fsp3) is 0.588. The summed E-state index contributed by atoms with van der Waals surface area (Å²) in [6, 6.07) is 8.51. The maximum absolute atomic E-state index is 4.89. The topological polar surface area (TPSA) is 29.9 Å². The summed E-state index contributed by atoms with van der Waals surface area (Å²) < 4.78 is 2.39. The van der Waals surface area contributed by atoms with Crippen LogP contribution in [0.2, 0.25) is 0 Å². The number of aromatic nitrogens is 2. The minimum Gasteiger partial charge on any atom is -0.328 e. The molecule has 0 aliphatic carbocycles. The van der Waals surface area contributed by atoms with Crippen LogP contribution in [0.15, 0.2) is 24.3 Å². The van der Waals surface area contributed by atoms with E-state index in [1.807, 2.05) is 0 Å². The minimum absolute atomic E-state index is 0.781. The molecular formula is C17H25N3. The highest BCUT2D eigenvalue weighted by Gasteiger charge is 2.25. The van der Waals surface area contributed by atoms with Crippen LogP contribution in [0.4, 0.5) is 0 Å². The van der Waals surface area contributed by atoms with Gasteiger partial charge in [-0.1, -0.05) is 25.5 Å². The van der Waals surface area contributed by atoms with Crippen molar-refractivity contribution in [2.45, 2.75) is 39.7 Å². The lowest BCUT2D eigenvalue weighted by atomic mass is 9.82. The van der Waals surface area contributed by atoms with E-state index >= 15 is 0 Å². The van der Waals surface area contributed by atoms with Crippen LogP contribution in [-0.4, -0.2) is 22.6 Å². The van der Waals surface area contributed by atoms with E-state index in [1.165, 1.54) is 30.7 Å². The van der Waals surface area contributed by atoms with Crippen LogP contribution in [0.3, 0.4) is 0 Å². The molecule has 1 N–H and O–H groups in total. The third-order valence-electron chi connectivity index (χ3n) is 4.78. The van der Waals surface area contributed by atoms with E-state index in [2.05, 4.69) is 48.0 Å². The van der Waals surface area contributed by atoms with Gasteiger partial charge in [-0.05, 0) is 50.4 Å². The molecule has 20 heavy (non-hydrogen) atoms. The molecule has 0 amide bonds. The van der Waals surface area contributed by atoms with E-state index < -0.39 is 0 Å². The summed E-state index contributed by atoms with van der Waals surface area (Å²) in [7, 11) is 0. The first-order chi connectivity index (χ1) is 9.83. The Labute approximate surface area is 121 Å². The van der Waals surface area contributed by atoms with Crippen molar-refractivity contribution >= 4 is 11.0 Å². The molecule has 0 radical (unpaired) electrons. The molecule has 2 aromatic rings. The van der Waals surface area contributed by atoms with E-state index in [9.17, 15) is 0 Å². The number of benzene rings is 1. The van der Waals surface area contributed by atoms with Gasteiger partial charge in [0.05, 0.1) is 11.0 Å². The van der Waals surface area contributed by atoms with Crippen molar-refractivity contribution in [2.24, 2.45) is 11.8 Å². The zero-order valence-electron chi connectivity index (χ0n) is 12.6. The van der Waals surface area contributed by atoms with Gasteiger partial charge in [-0.15, -0.1) is 0 Å². The Morgan fingerprint density at radius 1 is 1.25 bits per heavy atom. The molecule has 1 aromatic carbocycles. The zero-order valence-corrected chi connectivity index (χ0v) is 12.6. The fourth-order valence-electron chi connectivity index (χ4n) is 3.59. The van der Waals surface area contributed by atoms with E-state index in [0.29, 0.717) is 0 Å². The van der Waals surface area contributed by atoms with Gasteiger partial charge in [-0.25, -0.2) is 4.98 Å². The van der Waals surface area contributed by atoms with Gasteiger partial charge in [0.25, 0.3) is 0 Å². The van der Waals surface area contributed by atoms with Gasteiger partial charge < -0.3 is 9.88 Å². The average molecular weight is 271 g/mol. The van der Waals surface area contributed by atoms with Crippen molar-refractivity contribution in [3.63, 3.8) is 0 Å². The molecule has 2 heterocycles. The van der Waals surface area contributed by atoms with Crippen LogP contribution in [0.1, 0.15) is 32.5 Å². The average Bonchev–Trinajstić information content (AvgIpc) is 2.85. The number of nitrogens with one attached hydrogen (secondary N) is 1. The summed E-state index contributed by atoms with van der Waals surface area (Å²) in [4.78, 5) is 4.89. The lowest BCUT2D eigenvalue weighted by Crippen LogP contribution is -2.37. The predicted octanol–water partition coefficient (Wildman–Crippen LogP) is 3.23. The van der Waals surface area contributed by atoms with Gasteiger partial charge in [-0.3, -0.25) is 0 Å². The fourth-order valence-corrected chi connectivity index (χ4v) is 3.59. The van der Waals surface area contributed by atoms with E-state index in [0.717, 1.165) is 36.9 Å². The number of fused-ring (bicyclic) bond motifs is 1. The van der Waals surface area contributed by atoms with Crippen LogP contribution in [0.25, 0.3) is 11.0 Å². The lowest BCUT2D eigenvalue weighted by molar-refractivity contribution is 0.241. The highest BCUT2D eigenvalue weighted by molar-refractivity contribution is 5.75. The second kappa shape index (κ2) is 5.96. The van der Waals surface area contributed by atoms with Crippen LogP contribution in [-0.2, 0) is 13.0 Å². The summed E-state index contributed by atoms with van der Waals surface area (Å²) in [5, 5.41) is 3.53. The molecule has 0 bridgehead atoms. The number of imidazole rings is 1. The van der Waals surface area contributed by atoms with Crippen LogP contribution < -0.4 is 5.32 Å². The standard InChI is InChI=1S/C17H25N3/c1-3-13-12-18-10-9-14(13)11-17-19-15-7-5-6-8-16(15)20(17)4-2/h5-8,13-14,18H,3-4,9-12H2,1-2H3. The first kappa shape index (κ1) is 13.6. The Bertz CT molecular complexity index is 573. The zero-order chi connectivity index (χ0) is 13.9. The van der Waals surface area contributed by atoms with Gasteiger partial charge in [0.2, 0.25) is 0 Å². The maximum atomic E-state index is 4.89. The molecule has 1 aliphatic heterocycles. The Kier molecular flexibility index (Phi) is 4.06. The third-order valence-corrected chi connectivity index (χ3v) is 4.78. The van der Waals surface area contributed by atoms with Crippen molar-refractivity contribution in [3.05, 3.63) is 30.1 Å². The van der Waals surface area contributed by atoms with Crippen molar-refractivity contribution in [1.82, 2.24) is 14.9 Å². The monoisotopic (exact) mass is 271 g/mol. The number of nitrogens with zero attached hydrogens (tertiary/aromatic N) is 2. The molecular weight excluding hydrogens is 246 g/mol. The second-order valence-electron chi connectivity index (χ2n) is 5.89. The Morgan fingerprint density at radius 3 is 2.90 bits per heavy atom. The normalized spacial score (nSPS) is 23.3. The first-order valence-corrected chi connectivity index (χ1v) is 7.98. The Balaban J connectivity index is 1.89. The number of aryl methyl sites for hydroxylation is 1. The Morgan fingerprint density at radius 2 is 2.10 bits per heavy atom. The molecule has 1 aliphatic rings. The van der Waals surface area contributed by atoms with Crippen molar-refractivity contribution in [3.8, 4) is 0 Å². The van der Waals surface area contributed by atoms with E-state index in [-0.39, 0.29) is 0 Å². The molecule has 3 nitrogen and oxygen atoms in total. The molecule has 0 saturated carbocycles. The lowest BCUT2D eigenvalue weighted by Gasteiger charge is -2.31. The molecule has 3 rings (SSSR count). The molecule has 1 aromatic heterocycles. The quantitative estimate of drug-likeness (QED) is 0.925. The molecule has 2 atom stereocenters. The minimum atomic E-state index is 0.781. The summed E-state index contributed by atoms with van der Waals surface area (Å²) in [5.41, 5.74) is 2.43. The summed E-state index contributed by atoms with van der Waals surface area (Å²) >= 11 is 0. The Hall–Kier alpha value is -1.35. The summed E-state index contributed by atoms with van der Waals surface area (Å²) in [6.07, 6.45) is 3.68. The molecule has 1 saturated heterocycles. The van der Waals surface area contributed by atoms with Crippen molar-refractivity contribution in [2.75, 3.05) is 13.1 Å². The third kappa shape index (κ3) is 2.47. The van der Waals surface area contributed by atoms with Gasteiger partial charge in [-0.2, -0.15) is 0 Å². The van der Waals surface area contributed by atoms with Gasteiger partial charge >= 0.3 is 0 Å². The van der Waals surface area contributed by atoms with Crippen molar-refractivity contribution < 1.29 is 0 Å². The number of rotatable bonds is 4. The van der Waals surface area contributed by atoms with Crippen LogP contribution >= 0.6 is 0 Å². The van der Waals surface area contributed by atoms with Gasteiger partial charge in [0.15, 0.2) is 0 Å². The molecule has 3 heteroatoms. The maximum Gasteiger partial charge on any atom is 0.110 e. The number of hydrogen-bond acceptors (Lipinski definition) is 2. The first-order valence-electron chi connectivity index (χ1n) is 7.98. The van der Waals surface area contributed by atoms with E-state index in [1.54, 1.807) is 0 Å². The molecule has 0 spiro atoms. The SMILES string of the molecule is CCC1CNCCC1Cc1nc2ccccc2n1CC. The van der Waals surface area contributed by atoms with Gasteiger partial charge in [0.1, 0.15) is 5.82 Å². The second-order valence-corrected chi connectivity index (χ2v) is 5.89. The predicted molar refractivity (Wildman–Crippen MR) is 83.9 cm³/mol. The molecule has 2 unspecified atom stereocenters. The number of hydrogen-bond donors (Lipinski definition) is 1. The van der Waals surface area contributed by atoms with E-state index in [4.69, 9.17) is 4.98 Å². The van der Waals surface area contributed by atoms with Crippen LogP contribution in [0, 0.1) is 11.8 Å². The summed E-state index contributed by atoms with van der Waals surface area (Å²) in [5.74, 6) is 2.86. The number of piperidine rings is 1. The smallest absolute Gasteiger partial charge is 0.110 e. The molecule has 1 fully saturated rings. The highest BCUT2D eigenvalue weighted by atomic mass is 15.1. The largest absolute Gasteiger partial charge is 0.328 e. The molecule has 108 valence electrons.